The molecule has 2 heterocycles. The molecule has 0 spiro atoms. The SMILES string of the molecule is CC(C)N(CC1CCCN1)c1nccn(C)c1=O. The largest absolute Gasteiger partial charge is 0.348 e. The maximum atomic E-state index is 12.1. The summed E-state index contributed by atoms with van der Waals surface area (Å²) in [6, 6.07) is 0.745. The molecule has 1 aliphatic heterocycles. The molecule has 2 rings (SSSR count). The van der Waals surface area contributed by atoms with Crippen LogP contribution in [-0.2, 0) is 7.05 Å². The second-order valence-corrected chi connectivity index (χ2v) is 5.21. The first-order valence-electron chi connectivity index (χ1n) is 6.61. The van der Waals surface area contributed by atoms with Crippen LogP contribution < -0.4 is 15.8 Å². The Balaban J connectivity index is 2.23. The molecule has 0 amide bonds. The third-order valence-electron chi connectivity index (χ3n) is 3.47. The normalized spacial score (nSPS) is 19.4. The smallest absolute Gasteiger partial charge is 0.293 e. The van der Waals surface area contributed by atoms with Crippen molar-refractivity contribution in [1.29, 1.82) is 0 Å². The summed E-state index contributed by atoms with van der Waals surface area (Å²) in [4.78, 5) is 18.5. The average Bonchev–Trinajstić information content (AvgIpc) is 2.83. The Kier molecular flexibility index (Phi) is 4.01. The van der Waals surface area contributed by atoms with Crippen molar-refractivity contribution in [2.24, 2.45) is 7.05 Å². The summed E-state index contributed by atoms with van der Waals surface area (Å²) in [5.74, 6) is 0.559. The molecule has 1 N–H and O–H groups in total. The molecule has 1 aromatic heterocycles. The number of hydrogen-bond donors (Lipinski definition) is 1. The second-order valence-electron chi connectivity index (χ2n) is 5.21. The summed E-state index contributed by atoms with van der Waals surface area (Å²) in [6.07, 6.45) is 5.78. The number of nitrogens with zero attached hydrogens (tertiary/aromatic N) is 3. The van der Waals surface area contributed by atoms with Crippen molar-refractivity contribution >= 4 is 5.82 Å². The highest BCUT2D eigenvalue weighted by Gasteiger charge is 2.22. The third-order valence-corrected chi connectivity index (χ3v) is 3.47. The minimum Gasteiger partial charge on any atom is -0.348 e. The van der Waals surface area contributed by atoms with Crippen LogP contribution in [-0.4, -0.2) is 34.7 Å². The van der Waals surface area contributed by atoms with Crippen LogP contribution in [0.1, 0.15) is 26.7 Å². The van der Waals surface area contributed by atoms with Crippen LogP contribution in [0.4, 0.5) is 5.82 Å². The maximum absolute atomic E-state index is 12.1. The number of rotatable bonds is 4. The third kappa shape index (κ3) is 2.72. The van der Waals surface area contributed by atoms with Gasteiger partial charge in [0.05, 0.1) is 0 Å². The van der Waals surface area contributed by atoms with Gasteiger partial charge in [-0.1, -0.05) is 0 Å². The number of nitrogens with one attached hydrogen (secondary N) is 1. The van der Waals surface area contributed by atoms with Crippen molar-refractivity contribution in [3.8, 4) is 0 Å². The van der Waals surface area contributed by atoms with Gasteiger partial charge in [-0.15, -0.1) is 0 Å². The van der Waals surface area contributed by atoms with Crippen molar-refractivity contribution in [3.63, 3.8) is 0 Å². The van der Waals surface area contributed by atoms with E-state index in [1.807, 2.05) is 0 Å². The van der Waals surface area contributed by atoms with Gasteiger partial charge >= 0.3 is 0 Å². The number of hydrogen-bond acceptors (Lipinski definition) is 4. The van der Waals surface area contributed by atoms with E-state index in [0.717, 1.165) is 13.1 Å². The van der Waals surface area contributed by atoms with Crippen molar-refractivity contribution in [1.82, 2.24) is 14.9 Å². The molecular weight excluding hydrogens is 228 g/mol. The van der Waals surface area contributed by atoms with Gasteiger partial charge in [-0.3, -0.25) is 4.79 Å². The maximum Gasteiger partial charge on any atom is 0.293 e. The molecule has 100 valence electrons. The van der Waals surface area contributed by atoms with Crippen molar-refractivity contribution < 1.29 is 0 Å². The van der Waals surface area contributed by atoms with Gasteiger partial charge in [0.1, 0.15) is 0 Å². The molecule has 0 aliphatic carbocycles. The van der Waals surface area contributed by atoms with Gasteiger partial charge in [-0.2, -0.15) is 0 Å². The zero-order valence-corrected chi connectivity index (χ0v) is 11.4. The number of aryl methyl sites for hydroxylation is 1. The molecule has 1 aromatic rings. The van der Waals surface area contributed by atoms with Crippen LogP contribution in [0.5, 0.6) is 0 Å². The van der Waals surface area contributed by atoms with E-state index in [1.54, 1.807) is 24.0 Å². The molecule has 1 aliphatic rings. The molecule has 1 saturated heterocycles. The fourth-order valence-corrected chi connectivity index (χ4v) is 2.37. The predicted molar refractivity (Wildman–Crippen MR) is 73.0 cm³/mol. The van der Waals surface area contributed by atoms with Gasteiger partial charge in [-0.05, 0) is 33.2 Å². The zero-order chi connectivity index (χ0) is 13.1. The Hall–Kier alpha value is -1.36. The first kappa shape index (κ1) is 13.1. The zero-order valence-electron chi connectivity index (χ0n) is 11.4. The molecule has 1 atom stereocenters. The van der Waals surface area contributed by atoms with E-state index >= 15 is 0 Å². The molecule has 5 nitrogen and oxygen atoms in total. The predicted octanol–water partition coefficient (Wildman–Crippen LogP) is 0.747. The Morgan fingerprint density at radius 1 is 1.61 bits per heavy atom. The Labute approximate surface area is 108 Å². The Morgan fingerprint density at radius 2 is 2.39 bits per heavy atom. The van der Waals surface area contributed by atoms with E-state index in [9.17, 15) is 4.79 Å². The highest BCUT2D eigenvalue weighted by molar-refractivity contribution is 5.37. The molecule has 18 heavy (non-hydrogen) atoms. The fraction of sp³-hybridized carbons (Fsp3) is 0.692. The standard InChI is InChI=1S/C13H22N4O/c1-10(2)17(9-11-5-4-6-14-11)12-13(18)16(3)8-7-15-12/h7-8,10-11,14H,4-6,9H2,1-3H3. The highest BCUT2D eigenvalue weighted by atomic mass is 16.1. The Morgan fingerprint density at radius 3 is 3.00 bits per heavy atom. The highest BCUT2D eigenvalue weighted by Crippen LogP contribution is 2.13. The fourth-order valence-electron chi connectivity index (χ4n) is 2.37. The van der Waals surface area contributed by atoms with E-state index in [4.69, 9.17) is 0 Å². The molecule has 1 unspecified atom stereocenters. The van der Waals surface area contributed by atoms with Crippen LogP contribution in [0.3, 0.4) is 0 Å². The van der Waals surface area contributed by atoms with Crippen molar-refractivity contribution in [2.75, 3.05) is 18.0 Å². The summed E-state index contributed by atoms with van der Waals surface area (Å²) >= 11 is 0. The average molecular weight is 250 g/mol. The van der Waals surface area contributed by atoms with Gasteiger partial charge in [0.25, 0.3) is 5.56 Å². The van der Waals surface area contributed by atoms with Gasteiger partial charge in [-0.25, -0.2) is 4.98 Å². The summed E-state index contributed by atoms with van der Waals surface area (Å²) in [5, 5.41) is 3.47. The monoisotopic (exact) mass is 250 g/mol. The topological polar surface area (TPSA) is 50.2 Å². The van der Waals surface area contributed by atoms with Crippen LogP contribution in [0, 0.1) is 0 Å². The molecule has 5 heteroatoms. The molecular formula is C13H22N4O. The summed E-state index contributed by atoms with van der Waals surface area (Å²) in [6.45, 7) is 6.13. The quantitative estimate of drug-likeness (QED) is 0.856. The van der Waals surface area contributed by atoms with E-state index in [2.05, 4.69) is 29.0 Å². The summed E-state index contributed by atoms with van der Waals surface area (Å²) < 4.78 is 1.58. The summed E-state index contributed by atoms with van der Waals surface area (Å²) in [5.41, 5.74) is -0.0239. The molecule has 0 saturated carbocycles. The van der Waals surface area contributed by atoms with Crippen LogP contribution in [0.15, 0.2) is 17.2 Å². The van der Waals surface area contributed by atoms with E-state index in [-0.39, 0.29) is 11.6 Å². The Bertz CT molecular complexity index is 449. The minimum absolute atomic E-state index is 0.0239. The molecule has 0 radical (unpaired) electrons. The van der Waals surface area contributed by atoms with E-state index in [1.165, 1.54) is 12.8 Å². The van der Waals surface area contributed by atoms with Gasteiger partial charge in [0.15, 0.2) is 5.82 Å². The lowest BCUT2D eigenvalue weighted by molar-refractivity contribution is 0.545. The second kappa shape index (κ2) is 5.52. The van der Waals surface area contributed by atoms with Crippen LogP contribution in [0.2, 0.25) is 0 Å². The molecule has 0 aromatic carbocycles. The van der Waals surface area contributed by atoms with Gasteiger partial charge in [0.2, 0.25) is 0 Å². The van der Waals surface area contributed by atoms with Gasteiger partial charge < -0.3 is 14.8 Å². The van der Waals surface area contributed by atoms with Gasteiger partial charge in [0, 0.05) is 38.1 Å². The molecule has 0 bridgehead atoms. The first-order chi connectivity index (χ1) is 8.59. The first-order valence-corrected chi connectivity index (χ1v) is 6.61. The molecule has 1 fully saturated rings. The van der Waals surface area contributed by atoms with Crippen molar-refractivity contribution in [2.45, 2.75) is 38.8 Å². The van der Waals surface area contributed by atoms with E-state index < -0.39 is 0 Å². The minimum atomic E-state index is -0.0239. The van der Waals surface area contributed by atoms with Crippen LogP contribution >= 0.6 is 0 Å². The van der Waals surface area contributed by atoms with Crippen molar-refractivity contribution in [3.05, 3.63) is 22.7 Å². The van der Waals surface area contributed by atoms with Crippen LogP contribution in [0.25, 0.3) is 0 Å². The lowest BCUT2D eigenvalue weighted by Gasteiger charge is -2.30. The lowest BCUT2D eigenvalue weighted by atomic mass is 10.2. The number of anilines is 1. The lowest BCUT2D eigenvalue weighted by Crippen LogP contribution is -2.44. The van der Waals surface area contributed by atoms with E-state index in [0.29, 0.717) is 11.9 Å². The summed E-state index contributed by atoms with van der Waals surface area (Å²) in [7, 11) is 1.76. The number of aromatic nitrogens is 2.